The molecule has 0 bridgehead atoms. The number of nitrogens with one attached hydrogen (secondary N) is 1. The fraction of sp³-hybridized carbons (Fsp3) is 0.769. The minimum Gasteiger partial charge on any atom is -0.342 e. The number of hydrogen-bond donors (Lipinski definition) is 1. The van der Waals surface area contributed by atoms with Gasteiger partial charge in [0.2, 0.25) is 5.91 Å². The van der Waals surface area contributed by atoms with E-state index in [-0.39, 0.29) is 5.91 Å². The summed E-state index contributed by atoms with van der Waals surface area (Å²) in [4.78, 5) is 13.5. The summed E-state index contributed by atoms with van der Waals surface area (Å²) >= 11 is 0. The van der Waals surface area contributed by atoms with Gasteiger partial charge in [0.25, 0.3) is 0 Å². The molecule has 0 aromatic heterocycles. The number of rotatable bonds is 5. The predicted octanol–water partition coefficient (Wildman–Crippen LogP) is 1.94. The second-order valence-electron chi connectivity index (χ2n) is 4.89. The molecular weight excluding hydrogens is 200 g/mol. The number of nitrogens with zero attached hydrogens (tertiary/aromatic N) is 1. The Morgan fingerprint density at radius 2 is 2.25 bits per heavy atom. The molecule has 1 atom stereocenters. The van der Waals surface area contributed by atoms with Gasteiger partial charge >= 0.3 is 0 Å². The van der Waals surface area contributed by atoms with Crippen LogP contribution in [0.4, 0.5) is 0 Å². The van der Waals surface area contributed by atoms with E-state index >= 15 is 0 Å². The number of piperidine rings is 1. The molecule has 1 N–H and O–H groups in total. The van der Waals surface area contributed by atoms with Crippen LogP contribution in [-0.2, 0) is 4.79 Å². The molecular formula is C13H24N2O. The van der Waals surface area contributed by atoms with Gasteiger partial charge in [-0.25, -0.2) is 0 Å². The number of hydrogen-bond acceptors (Lipinski definition) is 2. The summed E-state index contributed by atoms with van der Waals surface area (Å²) in [6.45, 7) is 7.56. The average Bonchev–Trinajstić information content (AvgIpc) is 2.26. The SMILES string of the molecule is C=C(C)CN(C)C(=O)CCC1CCCCN1. The Balaban J connectivity index is 2.20. The highest BCUT2D eigenvalue weighted by molar-refractivity contribution is 5.76. The van der Waals surface area contributed by atoms with E-state index in [1.165, 1.54) is 19.3 Å². The molecule has 1 unspecified atom stereocenters. The van der Waals surface area contributed by atoms with E-state index < -0.39 is 0 Å². The third-order valence-corrected chi connectivity index (χ3v) is 3.05. The third-order valence-electron chi connectivity index (χ3n) is 3.05. The van der Waals surface area contributed by atoms with Gasteiger partial charge in [-0.15, -0.1) is 0 Å². The summed E-state index contributed by atoms with van der Waals surface area (Å²) in [7, 11) is 1.85. The highest BCUT2D eigenvalue weighted by Crippen LogP contribution is 2.12. The van der Waals surface area contributed by atoms with Gasteiger partial charge in [-0.3, -0.25) is 4.79 Å². The van der Waals surface area contributed by atoms with Crippen LogP contribution in [0.1, 0.15) is 39.0 Å². The van der Waals surface area contributed by atoms with E-state index in [1.807, 2.05) is 14.0 Å². The van der Waals surface area contributed by atoms with Crippen molar-refractivity contribution in [3.63, 3.8) is 0 Å². The van der Waals surface area contributed by atoms with Gasteiger partial charge < -0.3 is 10.2 Å². The Kier molecular flexibility index (Phi) is 5.53. The van der Waals surface area contributed by atoms with E-state index in [4.69, 9.17) is 0 Å². The highest BCUT2D eigenvalue weighted by atomic mass is 16.2. The molecule has 0 aliphatic carbocycles. The minimum absolute atomic E-state index is 0.232. The first kappa shape index (κ1) is 13.2. The van der Waals surface area contributed by atoms with Gasteiger partial charge in [-0.2, -0.15) is 0 Å². The van der Waals surface area contributed by atoms with E-state index in [1.54, 1.807) is 4.90 Å². The summed E-state index contributed by atoms with van der Waals surface area (Å²) in [5.41, 5.74) is 1.03. The van der Waals surface area contributed by atoms with Crippen LogP contribution in [0.3, 0.4) is 0 Å². The summed E-state index contributed by atoms with van der Waals surface area (Å²) in [6.07, 6.45) is 5.42. The molecule has 3 nitrogen and oxygen atoms in total. The zero-order valence-corrected chi connectivity index (χ0v) is 10.6. The Labute approximate surface area is 98.9 Å². The van der Waals surface area contributed by atoms with Crippen molar-refractivity contribution in [3.8, 4) is 0 Å². The van der Waals surface area contributed by atoms with Crippen LogP contribution >= 0.6 is 0 Å². The standard InChI is InChI=1S/C13H24N2O/c1-11(2)10-15(3)13(16)8-7-12-6-4-5-9-14-12/h12,14H,1,4-10H2,2-3H3. The quantitative estimate of drug-likeness (QED) is 0.724. The first-order valence-corrected chi connectivity index (χ1v) is 6.21. The number of amides is 1. The lowest BCUT2D eigenvalue weighted by molar-refractivity contribution is -0.129. The molecule has 1 fully saturated rings. The van der Waals surface area contributed by atoms with Crippen molar-refractivity contribution in [2.75, 3.05) is 20.1 Å². The monoisotopic (exact) mass is 224 g/mol. The van der Waals surface area contributed by atoms with Crippen molar-refractivity contribution >= 4 is 5.91 Å². The molecule has 16 heavy (non-hydrogen) atoms. The summed E-state index contributed by atoms with van der Waals surface area (Å²) < 4.78 is 0. The molecule has 92 valence electrons. The highest BCUT2D eigenvalue weighted by Gasteiger charge is 2.15. The fourth-order valence-electron chi connectivity index (χ4n) is 2.15. The third kappa shape index (κ3) is 4.79. The number of carbonyl (C=O) groups is 1. The lowest BCUT2D eigenvalue weighted by Gasteiger charge is -2.24. The van der Waals surface area contributed by atoms with Crippen LogP contribution in [0.25, 0.3) is 0 Å². The van der Waals surface area contributed by atoms with E-state index in [2.05, 4.69) is 11.9 Å². The molecule has 3 heteroatoms. The normalized spacial score (nSPS) is 20.5. The maximum absolute atomic E-state index is 11.8. The molecule has 1 aliphatic heterocycles. The van der Waals surface area contributed by atoms with E-state index in [0.29, 0.717) is 19.0 Å². The second-order valence-corrected chi connectivity index (χ2v) is 4.89. The van der Waals surface area contributed by atoms with Crippen LogP contribution in [-0.4, -0.2) is 37.0 Å². The van der Waals surface area contributed by atoms with Crippen LogP contribution in [0.2, 0.25) is 0 Å². The molecule has 0 radical (unpaired) electrons. The molecule has 1 aliphatic rings. The summed E-state index contributed by atoms with van der Waals surface area (Å²) in [5.74, 6) is 0.232. The van der Waals surface area contributed by atoms with Crippen molar-refractivity contribution in [1.82, 2.24) is 10.2 Å². The molecule has 1 heterocycles. The van der Waals surface area contributed by atoms with Crippen LogP contribution in [0.15, 0.2) is 12.2 Å². The predicted molar refractivity (Wildman–Crippen MR) is 67.3 cm³/mol. The largest absolute Gasteiger partial charge is 0.342 e. The summed E-state index contributed by atoms with van der Waals surface area (Å²) in [6, 6.07) is 0.552. The van der Waals surface area contributed by atoms with Crippen molar-refractivity contribution in [2.24, 2.45) is 0 Å². The number of carbonyl (C=O) groups excluding carboxylic acids is 1. The first-order chi connectivity index (χ1) is 7.59. The zero-order chi connectivity index (χ0) is 12.0. The van der Waals surface area contributed by atoms with Crippen LogP contribution < -0.4 is 5.32 Å². The van der Waals surface area contributed by atoms with Gasteiger partial charge in [-0.1, -0.05) is 18.6 Å². The zero-order valence-electron chi connectivity index (χ0n) is 10.6. The molecule has 1 saturated heterocycles. The van der Waals surface area contributed by atoms with E-state index in [9.17, 15) is 4.79 Å². The second kappa shape index (κ2) is 6.69. The van der Waals surface area contributed by atoms with Gasteiger partial charge in [0, 0.05) is 26.1 Å². The Bertz CT molecular complexity index is 244. The van der Waals surface area contributed by atoms with Crippen molar-refractivity contribution in [1.29, 1.82) is 0 Å². The average molecular weight is 224 g/mol. The first-order valence-electron chi connectivity index (χ1n) is 6.21. The van der Waals surface area contributed by atoms with Gasteiger partial charge in [0.1, 0.15) is 0 Å². The van der Waals surface area contributed by atoms with Gasteiger partial charge in [0.05, 0.1) is 0 Å². The topological polar surface area (TPSA) is 32.3 Å². The lowest BCUT2D eigenvalue weighted by Crippen LogP contribution is -2.36. The van der Waals surface area contributed by atoms with Crippen LogP contribution in [0, 0.1) is 0 Å². The number of likely N-dealkylation sites (N-methyl/N-ethyl adjacent to an activating group) is 1. The molecule has 0 spiro atoms. The smallest absolute Gasteiger partial charge is 0.222 e. The molecule has 1 rings (SSSR count). The maximum atomic E-state index is 11.8. The molecule has 0 aromatic carbocycles. The Morgan fingerprint density at radius 3 is 2.81 bits per heavy atom. The molecule has 0 aromatic rings. The molecule has 1 amide bonds. The van der Waals surface area contributed by atoms with Crippen molar-refractivity contribution in [3.05, 3.63) is 12.2 Å². The van der Waals surface area contributed by atoms with Crippen molar-refractivity contribution in [2.45, 2.75) is 45.1 Å². The van der Waals surface area contributed by atoms with Gasteiger partial charge in [0.15, 0.2) is 0 Å². The Hall–Kier alpha value is -0.830. The summed E-state index contributed by atoms with van der Waals surface area (Å²) in [5, 5.41) is 3.47. The van der Waals surface area contributed by atoms with E-state index in [0.717, 1.165) is 18.5 Å². The minimum atomic E-state index is 0.232. The van der Waals surface area contributed by atoms with Crippen molar-refractivity contribution < 1.29 is 4.79 Å². The van der Waals surface area contributed by atoms with Crippen LogP contribution in [0.5, 0.6) is 0 Å². The maximum Gasteiger partial charge on any atom is 0.222 e. The molecule has 0 saturated carbocycles. The Morgan fingerprint density at radius 1 is 1.50 bits per heavy atom. The van der Waals surface area contributed by atoms with Gasteiger partial charge in [-0.05, 0) is 32.7 Å². The lowest BCUT2D eigenvalue weighted by atomic mass is 10.0. The fourth-order valence-corrected chi connectivity index (χ4v) is 2.15.